The fraction of sp³-hybridized carbons (Fsp3) is 0.615. The zero-order chi connectivity index (χ0) is 14.0. The molecule has 2 heterocycles. The van der Waals surface area contributed by atoms with Crippen LogP contribution in [0.15, 0.2) is 10.5 Å². The van der Waals surface area contributed by atoms with E-state index in [9.17, 15) is 4.79 Å². The van der Waals surface area contributed by atoms with Crippen molar-refractivity contribution < 1.29 is 9.21 Å². The molecule has 0 saturated carbocycles. The molecule has 6 heteroatoms. The van der Waals surface area contributed by atoms with Gasteiger partial charge in [0, 0.05) is 35.7 Å². The molecular formula is C13H21N3O2S. The molecule has 0 atom stereocenters. The van der Waals surface area contributed by atoms with E-state index in [4.69, 9.17) is 10.3 Å². The van der Waals surface area contributed by atoms with Gasteiger partial charge in [-0.3, -0.25) is 15.1 Å². The maximum Gasteiger partial charge on any atom is 0.300 e. The van der Waals surface area contributed by atoms with Crippen LogP contribution in [-0.4, -0.2) is 34.4 Å². The number of nitrogens with two attached hydrogens (primary N) is 1. The zero-order valence-electron chi connectivity index (χ0n) is 11.7. The summed E-state index contributed by atoms with van der Waals surface area (Å²) in [5, 5.41) is 0. The third-order valence-electron chi connectivity index (χ3n) is 3.27. The molecule has 0 spiro atoms. The molecule has 0 aliphatic carbocycles. The van der Waals surface area contributed by atoms with Crippen LogP contribution >= 0.6 is 11.8 Å². The van der Waals surface area contributed by atoms with Crippen LogP contribution in [0.3, 0.4) is 0 Å². The molecule has 1 aliphatic rings. The monoisotopic (exact) mass is 283 g/mol. The zero-order valence-corrected chi connectivity index (χ0v) is 12.5. The summed E-state index contributed by atoms with van der Waals surface area (Å²) in [5.41, 5.74) is 3.15. The van der Waals surface area contributed by atoms with E-state index in [-0.39, 0.29) is 16.4 Å². The first-order valence-electron chi connectivity index (χ1n) is 6.38. The Morgan fingerprint density at radius 3 is 3.00 bits per heavy atom. The minimum Gasteiger partial charge on any atom is -0.456 e. The molecule has 1 fully saturated rings. The Balaban J connectivity index is 2.07. The van der Waals surface area contributed by atoms with Crippen molar-refractivity contribution in [2.75, 3.05) is 18.8 Å². The van der Waals surface area contributed by atoms with Crippen LogP contribution in [0.5, 0.6) is 0 Å². The molecule has 0 radical (unpaired) electrons. The second-order valence-electron chi connectivity index (χ2n) is 5.48. The van der Waals surface area contributed by atoms with Gasteiger partial charge in [0.2, 0.25) is 0 Å². The van der Waals surface area contributed by atoms with Gasteiger partial charge < -0.3 is 4.42 Å². The van der Waals surface area contributed by atoms with Crippen molar-refractivity contribution in [2.45, 2.75) is 32.1 Å². The van der Waals surface area contributed by atoms with Gasteiger partial charge in [0.25, 0.3) is 0 Å². The molecule has 1 aromatic rings. The maximum absolute atomic E-state index is 11.4. The fourth-order valence-corrected chi connectivity index (χ4v) is 3.53. The van der Waals surface area contributed by atoms with Crippen LogP contribution in [-0.2, 0) is 6.54 Å². The molecule has 1 aromatic heterocycles. The summed E-state index contributed by atoms with van der Waals surface area (Å²) in [6.07, 6.45) is 0. The number of nitrogen functional groups attached to an aromatic ring is 1. The smallest absolute Gasteiger partial charge is 0.300 e. The number of thioether (sulfide) groups is 1. The molecule has 0 bridgehead atoms. The van der Waals surface area contributed by atoms with Gasteiger partial charge in [-0.1, -0.05) is 0 Å². The Labute approximate surface area is 117 Å². The second kappa shape index (κ2) is 5.56. The topological polar surface area (TPSA) is 71.5 Å². The summed E-state index contributed by atoms with van der Waals surface area (Å²) in [6.45, 7) is 9.33. The predicted molar refractivity (Wildman–Crippen MR) is 76.9 cm³/mol. The summed E-state index contributed by atoms with van der Waals surface area (Å²) in [6, 6.07) is 1.78. The van der Waals surface area contributed by atoms with Crippen LogP contribution in [0.1, 0.15) is 35.7 Å². The van der Waals surface area contributed by atoms with Crippen molar-refractivity contribution in [3.05, 3.63) is 23.2 Å². The molecular weight excluding hydrogens is 262 g/mol. The average Bonchev–Trinajstić information content (AvgIpc) is 2.69. The van der Waals surface area contributed by atoms with Crippen molar-refractivity contribution in [2.24, 2.45) is 5.84 Å². The van der Waals surface area contributed by atoms with Gasteiger partial charge in [-0.2, -0.15) is 11.8 Å². The van der Waals surface area contributed by atoms with Crippen LogP contribution in [0, 0.1) is 6.92 Å². The van der Waals surface area contributed by atoms with Gasteiger partial charge in [0.05, 0.1) is 0 Å². The fourth-order valence-electron chi connectivity index (χ4n) is 2.35. The molecule has 3 N–H and O–H groups in total. The number of carbonyl (C=O) groups is 1. The third kappa shape index (κ3) is 3.52. The number of aryl methyl sites for hydroxylation is 1. The lowest BCUT2D eigenvalue weighted by molar-refractivity contribution is 0.0924. The standard InChI is InChI=1S/C13H21N3O2S/c1-9-10(6-11(18-9)12(17)15-14)7-16-4-5-19-13(2,3)8-16/h6H,4-5,7-8,14H2,1-3H3,(H,15,17). The molecule has 5 nitrogen and oxygen atoms in total. The Kier molecular flexibility index (Phi) is 4.23. The molecule has 1 saturated heterocycles. The minimum absolute atomic E-state index is 0.278. The molecule has 2 rings (SSSR count). The van der Waals surface area contributed by atoms with Gasteiger partial charge in [-0.25, -0.2) is 5.84 Å². The van der Waals surface area contributed by atoms with Crippen molar-refractivity contribution in [3.63, 3.8) is 0 Å². The van der Waals surface area contributed by atoms with Crippen molar-refractivity contribution in [1.82, 2.24) is 10.3 Å². The van der Waals surface area contributed by atoms with Gasteiger partial charge in [-0.15, -0.1) is 0 Å². The predicted octanol–water partition coefficient (Wildman–Crippen LogP) is 1.52. The Hall–Kier alpha value is -0.980. The maximum atomic E-state index is 11.4. The van der Waals surface area contributed by atoms with Crippen molar-refractivity contribution >= 4 is 17.7 Å². The third-order valence-corrected chi connectivity index (χ3v) is 4.57. The number of rotatable bonds is 3. The Morgan fingerprint density at radius 1 is 1.63 bits per heavy atom. The molecule has 106 valence electrons. The molecule has 19 heavy (non-hydrogen) atoms. The normalized spacial score (nSPS) is 19.4. The SMILES string of the molecule is Cc1oc(C(=O)NN)cc1CN1CCSC(C)(C)C1. The first kappa shape index (κ1) is 14.4. The minimum atomic E-state index is -0.385. The first-order chi connectivity index (χ1) is 8.91. The second-order valence-corrected chi connectivity index (χ2v) is 7.29. The summed E-state index contributed by atoms with van der Waals surface area (Å²) >= 11 is 2.01. The van der Waals surface area contributed by atoms with Gasteiger partial charge in [-0.05, 0) is 26.8 Å². The highest BCUT2D eigenvalue weighted by Gasteiger charge is 2.27. The number of carbonyl (C=O) groups excluding carboxylic acids is 1. The Morgan fingerprint density at radius 2 is 2.37 bits per heavy atom. The summed E-state index contributed by atoms with van der Waals surface area (Å²) in [4.78, 5) is 13.8. The quantitative estimate of drug-likeness (QED) is 0.500. The number of hydrogen-bond acceptors (Lipinski definition) is 5. The number of nitrogens with one attached hydrogen (secondary N) is 1. The van der Waals surface area contributed by atoms with E-state index in [1.165, 1.54) is 0 Å². The van der Waals surface area contributed by atoms with E-state index in [1.54, 1.807) is 6.07 Å². The number of amides is 1. The van der Waals surface area contributed by atoms with E-state index in [0.29, 0.717) is 0 Å². The Bertz CT molecular complexity index is 470. The van der Waals surface area contributed by atoms with Crippen LogP contribution < -0.4 is 11.3 Å². The lowest BCUT2D eigenvalue weighted by Crippen LogP contribution is -2.42. The summed E-state index contributed by atoms with van der Waals surface area (Å²) in [5.74, 6) is 6.93. The van der Waals surface area contributed by atoms with Crippen LogP contribution in [0.4, 0.5) is 0 Å². The van der Waals surface area contributed by atoms with Crippen LogP contribution in [0.2, 0.25) is 0 Å². The lowest BCUT2D eigenvalue weighted by atomic mass is 10.1. The lowest BCUT2D eigenvalue weighted by Gasteiger charge is -2.37. The van der Waals surface area contributed by atoms with Crippen molar-refractivity contribution in [1.29, 1.82) is 0 Å². The van der Waals surface area contributed by atoms with E-state index < -0.39 is 0 Å². The van der Waals surface area contributed by atoms with E-state index in [2.05, 4.69) is 24.2 Å². The average molecular weight is 283 g/mol. The van der Waals surface area contributed by atoms with Gasteiger partial charge in [0.15, 0.2) is 5.76 Å². The first-order valence-corrected chi connectivity index (χ1v) is 7.36. The van der Waals surface area contributed by atoms with Crippen LogP contribution in [0.25, 0.3) is 0 Å². The van der Waals surface area contributed by atoms with E-state index in [0.717, 1.165) is 36.7 Å². The number of furan rings is 1. The molecule has 0 aromatic carbocycles. The molecule has 0 unspecified atom stereocenters. The number of nitrogens with zero attached hydrogens (tertiary/aromatic N) is 1. The number of hydrogen-bond donors (Lipinski definition) is 2. The van der Waals surface area contributed by atoms with E-state index >= 15 is 0 Å². The highest BCUT2D eigenvalue weighted by Crippen LogP contribution is 2.30. The summed E-state index contributed by atoms with van der Waals surface area (Å²) in [7, 11) is 0. The highest BCUT2D eigenvalue weighted by atomic mass is 32.2. The summed E-state index contributed by atoms with van der Waals surface area (Å²) < 4.78 is 5.72. The number of hydrazine groups is 1. The highest BCUT2D eigenvalue weighted by molar-refractivity contribution is 8.00. The van der Waals surface area contributed by atoms with E-state index in [1.807, 2.05) is 18.7 Å². The van der Waals surface area contributed by atoms with Gasteiger partial charge >= 0.3 is 5.91 Å². The largest absolute Gasteiger partial charge is 0.456 e. The molecule has 1 amide bonds. The van der Waals surface area contributed by atoms with Crippen molar-refractivity contribution in [3.8, 4) is 0 Å². The molecule has 1 aliphatic heterocycles. The van der Waals surface area contributed by atoms with Gasteiger partial charge in [0.1, 0.15) is 5.76 Å².